The SMILES string of the molecule is Cc1ccc(OC2(C(=O)O)CCN(C(=O)c3cccs3)CC2)cc1. The van der Waals surface area contributed by atoms with Crippen LogP contribution < -0.4 is 4.74 Å². The summed E-state index contributed by atoms with van der Waals surface area (Å²) < 4.78 is 5.84. The van der Waals surface area contributed by atoms with Crippen LogP contribution in [0.15, 0.2) is 41.8 Å². The van der Waals surface area contributed by atoms with E-state index in [4.69, 9.17) is 4.74 Å². The summed E-state index contributed by atoms with van der Waals surface area (Å²) in [5, 5.41) is 11.5. The highest BCUT2D eigenvalue weighted by molar-refractivity contribution is 7.12. The van der Waals surface area contributed by atoms with Gasteiger partial charge in [0, 0.05) is 25.9 Å². The molecule has 6 heteroatoms. The zero-order valence-electron chi connectivity index (χ0n) is 13.4. The van der Waals surface area contributed by atoms with E-state index in [-0.39, 0.29) is 18.7 Å². The zero-order valence-corrected chi connectivity index (χ0v) is 14.2. The van der Waals surface area contributed by atoms with Gasteiger partial charge >= 0.3 is 5.97 Å². The van der Waals surface area contributed by atoms with Crippen molar-refractivity contribution < 1.29 is 19.4 Å². The molecule has 1 aromatic carbocycles. The Morgan fingerprint density at radius 3 is 2.38 bits per heavy atom. The summed E-state index contributed by atoms with van der Waals surface area (Å²) in [6.07, 6.45) is 0.542. The number of hydrogen-bond donors (Lipinski definition) is 1. The quantitative estimate of drug-likeness (QED) is 0.924. The normalized spacial score (nSPS) is 16.6. The number of rotatable bonds is 4. The Morgan fingerprint density at radius 1 is 1.17 bits per heavy atom. The van der Waals surface area contributed by atoms with Crippen molar-refractivity contribution in [2.45, 2.75) is 25.4 Å². The molecule has 2 aromatic rings. The molecule has 1 fully saturated rings. The Bertz CT molecular complexity index is 716. The van der Waals surface area contributed by atoms with E-state index in [2.05, 4.69) is 0 Å². The van der Waals surface area contributed by atoms with Gasteiger partial charge < -0.3 is 14.7 Å². The fourth-order valence-corrected chi connectivity index (χ4v) is 3.51. The van der Waals surface area contributed by atoms with E-state index < -0.39 is 11.6 Å². The summed E-state index contributed by atoms with van der Waals surface area (Å²) in [7, 11) is 0. The van der Waals surface area contributed by atoms with Crippen LogP contribution in [-0.2, 0) is 4.79 Å². The average Bonchev–Trinajstić information content (AvgIpc) is 3.11. The summed E-state index contributed by atoms with van der Waals surface area (Å²) >= 11 is 1.40. The largest absolute Gasteiger partial charge is 0.478 e. The number of piperidine rings is 1. The number of carbonyl (C=O) groups is 2. The maximum atomic E-state index is 12.4. The molecular weight excluding hydrogens is 326 g/mol. The van der Waals surface area contributed by atoms with E-state index in [1.165, 1.54) is 11.3 Å². The number of likely N-dealkylation sites (tertiary alicyclic amines) is 1. The molecular formula is C18H19NO4S. The number of carboxylic acids is 1. The lowest BCUT2D eigenvalue weighted by molar-refractivity contribution is -0.159. The number of aryl methyl sites for hydroxylation is 1. The Hall–Kier alpha value is -2.34. The number of amides is 1. The van der Waals surface area contributed by atoms with Gasteiger partial charge in [0.2, 0.25) is 5.60 Å². The predicted octanol–water partition coefficient (Wildman–Crippen LogP) is 3.19. The predicted molar refractivity (Wildman–Crippen MR) is 91.6 cm³/mol. The van der Waals surface area contributed by atoms with Crippen LogP contribution in [0.1, 0.15) is 28.1 Å². The molecule has 1 aliphatic rings. The van der Waals surface area contributed by atoms with Crippen LogP contribution in [0, 0.1) is 6.92 Å². The van der Waals surface area contributed by atoms with Crippen LogP contribution >= 0.6 is 11.3 Å². The molecule has 1 N–H and O–H groups in total. The standard InChI is InChI=1S/C18H19NO4S/c1-13-4-6-14(7-5-13)23-18(17(21)22)8-10-19(11-9-18)16(20)15-3-2-12-24-15/h2-7,12H,8-11H2,1H3,(H,21,22). The smallest absolute Gasteiger partial charge is 0.348 e. The van der Waals surface area contributed by atoms with Crippen LogP contribution in [0.25, 0.3) is 0 Å². The highest BCUT2D eigenvalue weighted by Crippen LogP contribution is 2.30. The van der Waals surface area contributed by atoms with Crippen molar-refractivity contribution in [1.29, 1.82) is 0 Å². The first kappa shape index (κ1) is 16.5. The maximum absolute atomic E-state index is 12.4. The fraction of sp³-hybridized carbons (Fsp3) is 0.333. The molecule has 1 amide bonds. The summed E-state index contributed by atoms with van der Waals surface area (Å²) in [4.78, 5) is 26.6. The lowest BCUT2D eigenvalue weighted by Crippen LogP contribution is -2.54. The van der Waals surface area contributed by atoms with Gasteiger partial charge in [-0.05, 0) is 30.5 Å². The Kier molecular flexibility index (Phi) is 4.57. The third kappa shape index (κ3) is 3.28. The molecule has 5 nitrogen and oxygen atoms in total. The van der Waals surface area contributed by atoms with Crippen molar-refractivity contribution in [1.82, 2.24) is 4.90 Å². The topological polar surface area (TPSA) is 66.8 Å². The van der Waals surface area contributed by atoms with Crippen molar-refractivity contribution in [2.75, 3.05) is 13.1 Å². The molecule has 0 saturated carbocycles. The first-order chi connectivity index (χ1) is 11.5. The Balaban J connectivity index is 1.71. The minimum Gasteiger partial charge on any atom is -0.478 e. The Labute approximate surface area is 144 Å². The van der Waals surface area contributed by atoms with Crippen molar-refractivity contribution in [2.24, 2.45) is 0 Å². The van der Waals surface area contributed by atoms with E-state index in [9.17, 15) is 14.7 Å². The molecule has 1 aromatic heterocycles. The highest BCUT2D eigenvalue weighted by Gasteiger charge is 2.45. The number of ether oxygens (including phenoxy) is 1. The fourth-order valence-electron chi connectivity index (χ4n) is 2.82. The van der Waals surface area contributed by atoms with Gasteiger partial charge in [-0.15, -0.1) is 11.3 Å². The molecule has 0 aliphatic carbocycles. The lowest BCUT2D eigenvalue weighted by atomic mass is 9.91. The summed E-state index contributed by atoms with van der Waals surface area (Å²) in [6, 6.07) is 11.0. The van der Waals surface area contributed by atoms with Gasteiger partial charge in [-0.3, -0.25) is 4.79 Å². The second-order valence-electron chi connectivity index (χ2n) is 5.98. The van der Waals surface area contributed by atoms with Crippen molar-refractivity contribution >= 4 is 23.2 Å². The third-order valence-electron chi connectivity index (χ3n) is 4.31. The molecule has 1 saturated heterocycles. The van der Waals surface area contributed by atoms with Crippen LogP contribution in [0.5, 0.6) is 5.75 Å². The number of hydrogen-bond acceptors (Lipinski definition) is 4. The molecule has 24 heavy (non-hydrogen) atoms. The third-order valence-corrected chi connectivity index (χ3v) is 5.17. The van der Waals surface area contributed by atoms with Crippen molar-refractivity contribution in [3.63, 3.8) is 0 Å². The molecule has 3 rings (SSSR count). The first-order valence-electron chi connectivity index (χ1n) is 7.82. The Morgan fingerprint density at radius 2 is 1.83 bits per heavy atom. The van der Waals surface area contributed by atoms with Crippen LogP contribution in [-0.4, -0.2) is 40.6 Å². The lowest BCUT2D eigenvalue weighted by Gasteiger charge is -2.38. The molecule has 0 unspecified atom stereocenters. The van der Waals surface area contributed by atoms with E-state index in [1.807, 2.05) is 30.5 Å². The molecule has 126 valence electrons. The van der Waals surface area contributed by atoms with Gasteiger partial charge in [-0.1, -0.05) is 23.8 Å². The van der Waals surface area contributed by atoms with E-state index in [0.717, 1.165) is 5.56 Å². The number of carboxylic acid groups (broad SMARTS) is 1. The molecule has 0 atom stereocenters. The van der Waals surface area contributed by atoms with Crippen molar-refractivity contribution in [3.05, 3.63) is 52.2 Å². The van der Waals surface area contributed by atoms with Gasteiger partial charge in [0.25, 0.3) is 5.91 Å². The van der Waals surface area contributed by atoms with Gasteiger partial charge in [0.05, 0.1) is 4.88 Å². The molecule has 1 aliphatic heterocycles. The van der Waals surface area contributed by atoms with E-state index in [0.29, 0.717) is 23.7 Å². The number of aliphatic carboxylic acids is 1. The van der Waals surface area contributed by atoms with Crippen LogP contribution in [0.3, 0.4) is 0 Å². The zero-order chi connectivity index (χ0) is 17.2. The first-order valence-corrected chi connectivity index (χ1v) is 8.70. The van der Waals surface area contributed by atoms with Crippen molar-refractivity contribution in [3.8, 4) is 5.75 Å². The van der Waals surface area contributed by atoms with E-state index >= 15 is 0 Å². The summed E-state index contributed by atoms with van der Waals surface area (Å²) in [5.41, 5.74) is -0.190. The average molecular weight is 345 g/mol. The number of thiophene rings is 1. The van der Waals surface area contributed by atoms with Crippen LogP contribution in [0.4, 0.5) is 0 Å². The van der Waals surface area contributed by atoms with E-state index in [1.54, 1.807) is 23.1 Å². The second kappa shape index (κ2) is 6.65. The highest BCUT2D eigenvalue weighted by atomic mass is 32.1. The summed E-state index contributed by atoms with van der Waals surface area (Å²) in [5.74, 6) is -0.480. The maximum Gasteiger partial charge on any atom is 0.348 e. The van der Waals surface area contributed by atoms with Gasteiger partial charge in [0.1, 0.15) is 5.75 Å². The summed E-state index contributed by atoms with van der Waals surface area (Å²) in [6.45, 7) is 2.70. The number of nitrogens with zero attached hydrogens (tertiary/aromatic N) is 1. The minimum absolute atomic E-state index is 0.0423. The molecule has 0 spiro atoms. The molecule has 2 heterocycles. The molecule has 0 radical (unpaired) electrons. The number of benzene rings is 1. The van der Waals surface area contributed by atoms with Gasteiger partial charge in [-0.2, -0.15) is 0 Å². The number of carbonyl (C=O) groups excluding carboxylic acids is 1. The van der Waals surface area contributed by atoms with Crippen LogP contribution in [0.2, 0.25) is 0 Å². The minimum atomic E-state index is -1.28. The molecule has 0 bridgehead atoms. The monoisotopic (exact) mass is 345 g/mol. The van der Waals surface area contributed by atoms with Gasteiger partial charge in [0.15, 0.2) is 0 Å². The second-order valence-corrected chi connectivity index (χ2v) is 6.93. The van der Waals surface area contributed by atoms with Gasteiger partial charge in [-0.25, -0.2) is 4.79 Å².